The standard InChI is InChI=1S/C6H7NO3/c1-10-6(9)3-2-4-7-5-8/h5H,4H2,1H3,(H,7,8). The monoisotopic (exact) mass is 141 g/mol. The fraction of sp³-hybridized carbons (Fsp3) is 0.333. The van der Waals surface area contributed by atoms with E-state index >= 15 is 0 Å². The molecular weight excluding hydrogens is 134 g/mol. The van der Waals surface area contributed by atoms with Gasteiger partial charge in [0, 0.05) is 5.92 Å². The fourth-order valence-electron chi connectivity index (χ4n) is 0.260. The molecule has 4 nitrogen and oxygen atoms in total. The first-order chi connectivity index (χ1) is 4.81. The zero-order valence-corrected chi connectivity index (χ0v) is 5.51. The minimum absolute atomic E-state index is 0.165. The largest absolute Gasteiger partial charge is 0.459 e. The summed E-state index contributed by atoms with van der Waals surface area (Å²) in [5, 5.41) is 2.27. The highest BCUT2D eigenvalue weighted by molar-refractivity contribution is 5.88. The maximum atomic E-state index is 10.3. The highest BCUT2D eigenvalue weighted by atomic mass is 16.5. The van der Waals surface area contributed by atoms with E-state index in [-0.39, 0.29) is 6.54 Å². The van der Waals surface area contributed by atoms with Crippen LogP contribution in [0.15, 0.2) is 0 Å². The topological polar surface area (TPSA) is 55.4 Å². The van der Waals surface area contributed by atoms with Crippen molar-refractivity contribution in [1.29, 1.82) is 0 Å². The normalized spacial score (nSPS) is 6.90. The number of hydrogen-bond acceptors (Lipinski definition) is 3. The summed E-state index contributed by atoms with van der Waals surface area (Å²) in [6, 6.07) is 0. The van der Waals surface area contributed by atoms with E-state index in [0.29, 0.717) is 6.41 Å². The van der Waals surface area contributed by atoms with Crippen molar-refractivity contribution in [3.63, 3.8) is 0 Å². The summed E-state index contributed by atoms with van der Waals surface area (Å²) in [7, 11) is 1.24. The van der Waals surface area contributed by atoms with Crippen LogP contribution in [0.2, 0.25) is 0 Å². The van der Waals surface area contributed by atoms with Gasteiger partial charge in [0.15, 0.2) is 0 Å². The van der Waals surface area contributed by atoms with E-state index in [1.165, 1.54) is 7.11 Å². The van der Waals surface area contributed by atoms with E-state index in [1.807, 2.05) is 0 Å². The summed E-state index contributed by atoms with van der Waals surface area (Å²) in [4.78, 5) is 19.9. The van der Waals surface area contributed by atoms with Crippen LogP contribution in [-0.4, -0.2) is 26.0 Å². The van der Waals surface area contributed by atoms with Crippen molar-refractivity contribution in [2.75, 3.05) is 13.7 Å². The van der Waals surface area contributed by atoms with Crippen molar-refractivity contribution in [2.45, 2.75) is 0 Å². The summed E-state index contributed by atoms with van der Waals surface area (Å²) in [6.07, 6.45) is 0.506. The predicted molar refractivity (Wildman–Crippen MR) is 33.9 cm³/mol. The number of hydrogen-bond donors (Lipinski definition) is 1. The molecule has 0 aromatic heterocycles. The highest BCUT2D eigenvalue weighted by Gasteiger charge is 1.86. The third-order valence-electron chi connectivity index (χ3n) is 0.650. The lowest BCUT2D eigenvalue weighted by Crippen LogP contribution is -2.10. The van der Waals surface area contributed by atoms with E-state index in [4.69, 9.17) is 0 Å². The van der Waals surface area contributed by atoms with Gasteiger partial charge >= 0.3 is 5.97 Å². The molecule has 0 aliphatic heterocycles. The second-order valence-corrected chi connectivity index (χ2v) is 1.29. The molecule has 10 heavy (non-hydrogen) atoms. The molecule has 0 aliphatic carbocycles. The minimum Gasteiger partial charge on any atom is -0.459 e. The Balaban J connectivity index is 3.48. The van der Waals surface area contributed by atoms with Crippen LogP contribution < -0.4 is 5.32 Å². The van der Waals surface area contributed by atoms with Crippen molar-refractivity contribution in [3.8, 4) is 11.8 Å². The van der Waals surface area contributed by atoms with Crippen LogP contribution in [-0.2, 0) is 14.3 Å². The lowest BCUT2D eigenvalue weighted by atomic mass is 10.5. The number of amides is 1. The third kappa shape index (κ3) is 4.65. The average Bonchev–Trinajstić information content (AvgIpc) is 1.98. The Labute approximate surface area is 58.5 Å². The van der Waals surface area contributed by atoms with E-state index in [2.05, 4.69) is 21.9 Å². The molecule has 0 aromatic carbocycles. The summed E-state index contributed by atoms with van der Waals surface area (Å²) >= 11 is 0. The molecule has 0 atom stereocenters. The van der Waals surface area contributed by atoms with Gasteiger partial charge in [-0.3, -0.25) is 4.79 Å². The molecule has 1 amide bonds. The molecule has 0 bridgehead atoms. The highest BCUT2D eigenvalue weighted by Crippen LogP contribution is 1.65. The van der Waals surface area contributed by atoms with Crippen LogP contribution in [0, 0.1) is 11.8 Å². The van der Waals surface area contributed by atoms with E-state index in [0.717, 1.165) is 0 Å². The van der Waals surface area contributed by atoms with E-state index < -0.39 is 5.97 Å². The molecular formula is C6H7NO3. The maximum absolute atomic E-state index is 10.3. The zero-order valence-electron chi connectivity index (χ0n) is 5.51. The molecule has 0 saturated carbocycles. The van der Waals surface area contributed by atoms with Gasteiger partial charge in [-0.1, -0.05) is 5.92 Å². The van der Waals surface area contributed by atoms with E-state index in [1.54, 1.807) is 0 Å². The van der Waals surface area contributed by atoms with Crippen LogP contribution in [0.3, 0.4) is 0 Å². The van der Waals surface area contributed by atoms with E-state index in [9.17, 15) is 9.59 Å². The summed E-state index contributed by atoms with van der Waals surface area (Å²) in [6.45, 7) is 0.165. The van der Waals surface area contributed by atoms with Crippen molar-refractivity contribution < 1.29 is 14.3 Å². The number of nitrogens with one attached hydrogen (secondary N) is 1. The van der Waals surface area contributed by atoms with Crippen molar-refractivity contribution in [3.05, 3.63) is 0 Å². The van der Waals surface area contributed by atoms with Gasteiger partial charge in [0.05, 0.1) is 13.7 Å². The Hall–Kier alpha value is -1.50. The molecule has 0 aliphatic rings. The lowest BCUT2D eigenvalue weighted by Gasteiger charge is -1.85. The Kier molecular flexibility index (Phi) is 4.79. The number of ether oxygens (including phenoxy) is 1. The van der Waals surface area contributed by atoms with Gasteiger partial charge in [-0.15, -0.1) is 0 Å². The minimum atomic E-state index is -0.604. The fourth-order valence-corrected chi connectivity index (χ4v) is 0.260. The lowest BCUT2D eigenvalue weighted by molar-refractivity contribution is -0.133. The summed E-state index contributed by atoms with van der Waals surface area (Å²) < 4.78 is 4.20. The Bertz CT molecular complexity index is 177. The first kappa shape index (κ1) is 8.50. The Morgan fingerprint density at radius 1 is 1.80 bits per heavy atom. The zero-order chi connectivity index (χ0) is 7.82. The van der Waals surface area contributed by atoms with Crippen molar-refractivity contribution in [2.24, 2.45) is 0 Å². The summed E-state index contributed by atoms with van der Waals surface area (Å²) in [5.41, 5.74) is 0. The van der Waals surface area contributed by atoms with Gasteiger partial charge in [-0.2, -0.15) is 0 Å². The number of carbonyl (C=O) groups is 2. The predicted octanol–water partition coefficient (Wildman–Crippen LogP) is -1.09. The number of rotatable bonds is 2. The van der Waals surface area contributed by atoms with Crippen LogP contribution >= 0.6 is 0 Å². The molecule has 0 saturated heterocycles. The molecule has 0 heterocycles. The van der Waals surface area contributed by atoms with Crippen LogP contribution in [0.4, 0.5) is 0 Å². The molecule has 0 rings (SSSR count). The van der Waals surface area contributed by atoms with Crippen LogP contribution in [0.1, 0.15) is 0 Å². The smallest absolute Gasteiger partial charge is 0.384 e. The second-order valence-electron chi connectivity index (χ2n) is 1.29. The third-order valence-corrected chi connectivity index (χ3v) is 0.650. The molecule has 0 radical (unpaired) electrons. The van der Waals surface area contributed by atoms with Crippen molar-refractivity contribution in [1.82, 2.24) is 5.32 Å². The molecule has 54 valence electrons. The Morgan fingerprint density at radius 3 is 3.00 bits per heavy atom. The maximum Gasteiger partial charge on any atom is 0.384 e. The molecule has 0 unspecified atom stereocenters. The quantitative estimate of drug-likeness (QED) is 0.175. The molecule has 0 fully saturated rings. The number of methoxy groups -OCH3 is 1. The molecule has 0 spiro atoms. The first-order valence-electron chi connectivity index (χ1n) is 2.55. The second kappa shape index (κ2) is 5.63. The molecule has 0 aromatic rings. The van der Waals surface area contributed by atoms with Crippen LogP contribution in [0.25, 0.3) is 0 Å². The van der Waals surface area contributed by atoms with Gasteiger partial charge < -0.3 is 10.1 Å². The SMILES string of the molecule is COC(=O)C#CCNC=O. The van der Waals surface area contributed by atoms with Gasteiger partial charge in [0.25, 0.3) is 0 Å². The summed E-state index contributed by atoms with van der Waals surface area (Å²) in [5.74, 6) is 3.90. The van der Waals surface area contributed by atoms with Gasteiger partial charge in [-0.05, 0) is 0 Å². The van der Waals surface area contributed by atoms with Gasteiger partial charge in [-0.25, -0.2) is 4.79 Å². The number of carbonyl (C=O) groups excluding carboxylic acids is 2. The Morgan fingerprint density at radius 2 is 2.50 bits per heavy atom. The van der Waals surface area contributed by atoms with Crippen molar-refractivity contribution >= 4 is 12.4 Å². The van der Waals surface area contributed by atoms with Gasteiger partial charge in [0.1, 0.15) is 0 Å². The average molecular weight is 141 g/mol. The molecule has 1 N–H and O–H groups in total. The van der Waals surface area contributed by atoms with Crippen LogP contribution in [0.5, 0.6) is 0 Å². The molecule has 4 heteroatoms. The first-order valence-corrected chi connectivity index (χ1v) is 2.55. The number of esters is 1. The van der Waals surface area contributed by atoms with Gasteiger partial charge in [0.2, 0.25) is 6.41 Å².